The van der Waals surface area contributed by atoms with Crippen LogP contribution in [0, 0.1) is 0 Å². The van der Waals surface area contributed by atoms with Crippen molar-refractivity contribution in [2.45, 2.75) is 63.6 Å². The van der Waals surface area contributed by atoms with Gasteiger partial charge in [0.2, 0.25) is 17.7 Å². The number of ether oxygens (including phenoxy) is 1. The Balaban J connectivity index is 1.74. The van der Waals surface area contributed by atoms with Gasteiger partial charge in [-0.25, -0.2) is 0 Å². The van der Waals surface area contributed by atoms with E-state index in [1.165, 1.54) is 7.11 Å². The summed E-state index contributed by atoms with van der Waals surface area (Å²) in [5, 5.41) is 21.9. The SMILES string of the molecule is COCC(=O)NCCCCCCCCNc1cccc(C=O)c1C(O)NC1CCC(=O)NC1=O. The van der Waals surface area contributed by atoms with Gasteiger partial charge in [0.05, 0.1) is 6.04 Å². The van der Waals surface area contributed by atoms with Gasteiger partial charge in [-0.15, -0.1) is 0 Å². The van der Waals surface area contributed by atoms with Crippen molar-refractivity contribution in [3.63, 3.8) is 0 Å². The molecule has 5 N–H and O–H groups in total. The highest BCUT2D eigenvalue weighted by atomic mass is 16.5. The van der Waals surface area contributed by atoms with Gasteiger partial charge < -0.3 is 20.5 Å². The third-order valence-corrected chi connectivity index (χ3v) is 5.66. The van der Waals surface area contributed by atoms with Gasteiger partial charge in [-0.05, 0) is 25.3 Å². The van der Waals surface area contributed by atoms with Gasteiger partial charge in [-0.3, -0.25) is 29.8 Å². The maximum Gasteiger partial charge on any atom is 0.245 e. The van der Waals surface area contributed by atoms with Gasteiger partial charge in [0, 0.05) is 43.4 Å². The third kappa shape index (κ3) is 9.20. The van der Waals surface area contributed by atoms with Gasteiger partial charge in [-0.2, -0.15) is 0 Å². The molecule has 34 heavy (non-hydrogen) atoms. The minimum atomic E-state index is -1.24. The highest BCUT2D eigenvalue weighted by Gasteiger charge is 2.29. The summed E-state index contributed by atoms with van der Waals surface area (Å²) in [6, 6.07) is 4.42. The molecule has 2 rings (SSSR count). The Bertz CT molecular complexity index is 832. The Morgan fingerprint density at radius 2 is 1.88 bits per heavy atom. The lowest BCUT2D eigenvalue weighted by molar-refractivity contribution is -0.135. The molecule has 10 nitrogen and oxygen atoms in total. The van der Waals surface area contributed by atoms with Crippen molar-refractivity contribution in [3.8, 4) is 0 Å². The molecule has 1 aliphatic heterocycles. The van der Waals surface area contributed by atoms with Crippen LogP contribution in [0.25, 0.3) is 0 Å². The van der Waals surface area contributed by atoms with Crippen LogP contribution < -0.4 is 21.3 Å². The molecule has 1 heterocycles. The molecule has 0 saturated carbocycles. The van der Waals surface area contributed by atoms with E-state index in [1.807, 2.05) is 0 Å². The molecule has 0 aliphatic carbocycles. The van der Waals surface area contributed by atoms with Crippen molar-refractivity contribution in [2.75, 3.05) is 32.1 Å². The molecule has 2 atom stereocenters. The summed E-state index contributed by atoms with van der Waals surface area (Å²) < 4.78 is 4.76. The van der Waals surface area contributed by atoms with E-state index in [-0.39, 0.29) is 31.3 Å². The zero-order valence-electron chi connectivity index (χ0n) is 19.7. The van der Waals surface area contributed by atoms with Crippen LogP contribution in [0.1, 0.15) is 73.5 Å². The van der Waals surface area contributed by atoms with Crippen LogP contribution >= 0.6 is 0 Å². The largest absolute Gasteiger partial charge is 0.385 e. The van der Waals surface area contributed by atoms with Crippen LogP contribution in [-0.4, -0.2) is 62.0 Å². The number of amides is 3. The lowest BCUT2D eigenvalue weighted by Gasteiger charge is -2.26. The van der Waals surface area contributed by atoms with E-state index < -0.39 is 18.2 Å². The van der Waals surface area contributed by atoms with Crippen molar-refractivity contribution in [1.29, 1.82) is 0 Å². The smallest absolute Gasteiger partial charge is 0.245 e. The highest BCUT2D eigenvalue weighted by Crippen LogP contribution is 2.26. The van der Waals surface area contributed by atoms with Gasteiger partial charge in [0.1, 0.15) is 12.8 Å². The van der Waals surface area contributed by atoms with Gasteiger partial charge in [0.25, 0.3) is 0 Å². The van der Waals surface area contributed by atoms with Crippen molar-refractivity contribution in [3.05, 3.63) is 29.3 Å². The minimum Gasteiger partial charge on any atom is -0.385 e. The highest BCUT2D eigenvalue weighted by molar-refractivity contribution is 6.00. The lowest BCUT2D eigenvalue weighted by atomic mass is 10.0. The zero-order valence-corrected chi connectivity index (χ0v) is 19.7. The van der Waals surface area contributed by atoms with Crippen LogP contribution in [-0.2, 0) is 19.1 Å². The molecule has 1 aromatic rings. The third-order valence-electron chi connectivity index (χ3n) is 5.66. The number of methoxy groups -OCH3 is 1. The minimum absolute atomic E-state index is 0.0917. The molecular weight excluding hydrogens is 440 g/mol. The number of benzene rings is 1. The van der Waals surface area contributed by atoms with E-state index in [9.17, 15) is 24.3 Å². The quantitative estimate of drug-likeness (QED) is 0.104. The molecule has 10 heteroatoms. The fourth-order valence-electron chi connectivity index (χ4n) is 3.86. The van der Waals surface area contributed by atoms with Crippen LogP contribution in [0.15, 0.2) is 18.2 Å². The molecule has 1 saturated heterocycles. The Labute approximate surface area is 200 Å². The second-order valence-electron chi connectivity index (χ2n) is 8.33. The van der Waals surface area contributed by atoms with E-state index in [0.717, 1.165) is 38.5 Å². The predicted molar refractivity (Wildman–Crippen MR) is 127 cm³/mol. The number of hydrogen-bond acceptors (Lipinski definition) is 8. The Morgan fingerprint density at radius 1 is 1.18 bits per heavy atom. The summed E-state index contributed by atoms with van der Waals surface area (Å²) in [7, 11) is 1.49. The van der Waals surface area contributed by atoms with Crippen LogP contribution in [0.5, 0.6) is 0 Å². The van der Waals surface area contributed by atoms with Gasteiger partial charge in [-0.1, -0.05) is 37.8 Å². The Morgan fingerprint density at radius 3 is 2.56 bits per heavy atom. The van der Waals surface area contributed by atoms with Gasteiger partial charge in [0.15, 0.2) is 6.29 Å². The van der Waals surface area contributed by atoms with E-state index in [4.69, 9.17) is 4.74 Å². The zero-order chi connectivity index (χ0) is 24.8. The molecule has 0 radical (unpaired) electrons. The van der Waals surface area contributed by atoms with Crippen molar-refractivity contribution >= 4 is 29.7 Å². The molecule has 3 amide bonds. The topological polar surface area (TPSA) is 146 Å². The van der Waals surface area contributed by atoms with E-state index in [0.29, 0.717) is 36.2 Å². The molecule has 1 aliphatic rings. The maximum absolute atomic E-state index is 12.0. The normalized spacial score (nSPS) is 16.6. The van der Waals surface area contributed by atoms with Crippen LogP contribution in [0.3, 0.4) is 0 Å². The number of aliphatic hydroxyl groups is 1. The first kappa shape index (κ1) is 27.4. The fraction of sp³-hybridized carbons (Fsp3) is 0.583. The molecule has 0 aromatic heterocycles. The Kier molecular flexibility index (Phi) is 12.2. The number of aliphatic hydroxyl groups excluding tert-OH is 1. The molecular formula is C24H36N4O6. The summed E-state index contributed by atoms with van der Waals surface area (Å²) in [6.45, 7) is 1.43. The van der Waals surface area contributed by atoms with E-state index in [1.54, 1.807) is 18.2 Å². The summed E-state index contributed by atoms with van der Waals surface area (Å²) >= 11 is 0. The number of aldehydes is 1. The summed E-state index contributed by atoms with van der Waals surface area (Å²) in [5.41, 5.74) is 1.34. The number of nitrogens with one attached hydrogen (secondary N) is 4. The lowest BCUT2D eigenvalue weighted by Crippen LogP contribution is -2.51. The van der Waals surface area contributed by atoms with Crippen molar-refractivity contribution in [1.82, 2.24) is 16.0 Å². The number of hydrogen-bond donors (Lipinski definition) is 5. The standard InChI is InChI=1S/C24H36N4O6/c1-34-16-21(31)26-14-7-5-3-2-4-6-13-25-18-10-8-9-17(15-29)22(18)24(33)27-19-11-12-20(30)28-23(19)32/h8-10,15,19,24-25,27,33H,2-7,11-14,16H2,1H3,(H,26,31)(H,28,30,32). The number of anilines is 1. The van der Waals surface area contributed by atoms with E-state index >= 15 is 0 Å². The molecule has 188 valence electrons. The van der Waals surface area contributed by atoms with Crippen LogP contribution in [0.2, 0.25) is 0 Å². The first-order valence-electron chi connectivity index (χ1n) is 11.8. The number of piperidine rings is 1. The number of carbonyl (C=O) groups is 4. The first-order chi connectivity index (χ1) is 16.5. The maximum atomic E-state index is 12.0. The average molecular weight is 477 g/mol. The van der Waals surface area contributed by atoms with Crippen molar-refractivity contribution in [2.24, 2.45) is 0 Å². The summed E-state index contributed by atoms with van der Waals surface area (Å²) in [6.07, 6.45) is 6.01. The van der Waals surface area contributed by atoms with Gasteiger partial charge >= 0.3 is 0 Å². The van der Waals surface area contributed by atoms with E-state index in [2.05, 4.69) is 21.3 Å². The van der Waals surface area contributed by atoms with Crippen LogP contribution in [0.4, 0.5) is 5.69 Å². The van der Waals surface area contributed by atoms with Crippen molar-refractivity contribution < 1.29 is 29.0 Å². The first-order valence-corrected chi connectivity index (χ1v) is 11.8. The number of unbranched alkanes of at least 4 members (excludes halogenated alkanes) is 5. The summed E-state index contributed by atoms with van der Waals surface area (Å²) in [5.74, 6) is -0.906. The Hall–Kier alpha value is -2.82. The predicted octanol–water partition coefficient (Wildman–Crippen LogP) is 1.40. The number of carbonyl (C=O) groups excluding carboxylic acids is 4. The molecule has 0 bridgehead atoms. The fourth-order valence-corrected chi connectivity index (χ4v) is 3.86. The second-order valence-corrected chi connectivity index (χ2v) is 8.33. The number of rotatable bonds is 16. The monoisotopic (exact) mass is 476 g/mol. The molecule has 0 spiro atoms. The molecule has 2 unspecified atom stereocenters. The average Bonchev–Trinajstić information content (AvgIpc) is 2.81. The number of imide groups is 1. The molecule has 1 aromatic carbocycles. The summed E-state index contributed by atoms with van der Waals surface area (Å²) in [4.78, 5) is 46.2. The molecule has 1 fully saturated rings. The second kappa shape index (κ2) is 15.2.